The zero-order valence-electron chi connectivity index (χ0n) is 3.55. The van der Waals surface area contributed by atoms with Gasteiger partial charge < -0.3 is 0 Å². The van der Waals surface area contributed by atoms with Crippen LogP contribution in [0.15, 0.2) is 12.3 Å². The minimum Gasteiger partial charge on any atom is -0.264 e. The van der Waals surface area contributed by atoms with Crippen LogP contribution >= 0.6 is 0 Å². The monoisotopic (exact) mass is 89.0 g/mol. The Kier molecular flexibility index (Phi) is 1.63. The molecule has 0 aromatic rings. The van der Waals surface area contributed by atoms with E-state index in [2.05, 4.69) is 6.58 Å². The third-order valence-corrected chi connectivity index (χ3v) is 0.341. The maximum absolute atomic E-state index is 7.92. The van der Waals surface area contributed by atoms with Gasteiger partial charge in [0.05, 0.1) is 5.70 Å². The molecule has 0 aliphatic carbocycles. The van der Waals surface area contributed by atoms with Crippen LogP contribution in [0.5, 0.6) is 0 Å². The molecule has 0 atom stereocenters. The second kappa shape index (κ2) is 1.79. The van der Waals surface area contributed by atoms with E-state index in [1.165, 1.54) is 6.92 Å². The molecule has 3 heteroatoms. The maximum atomic E-state index is 7.92. The predicted molar refractivity (Wildman–Crippen MR) is 20.2 cm³/mol. The Hall–Kier alpha value is -0.540. The average Bonchev–Trinajstić information content (AvgIpc) is 1.36. The summed E-state index contributed by atoms with van der Waals surface area (Å²) in [5.74, 6) is 0. The van der Waals surface area contributed by atoms with Crippen LogP contribution in [0.4, 0.5) is 0 Å². The fraction of sp³-hybridized carbons (Fsp3) is 0.333. The minimum atomic E-state index is -0.0278. The van der Waals surface area contributed by atoms with E-state index in [-0.39, 0.29) is 10.9 Å². The van der Waals surface area contributed by atoms with Gasteiger partial charge in [-0.3, -0.25) is 10.4 Å². The van der Waals surface area contributed by atoms with Gasteiger partial charge in [-0.05, 0) is 6.92 Å². The number of hydrogen-bond donors (Lipinski definition) is 2. The molecule has 36 valence electrons. The summed E-state index contributed by atoms with van der Waals surface area (Å²) in [6, 6.07) is 0. The van der Waals surface area contributed by atoms with Gasteiger partial charge in [-0.2, -0.15) is 0 Å². The lowest BCUT2D eigenvalue weighted by Gasteiger charge is -2.02. The molecule has 0 aliphatic heterocycles. The summed E-state index contributed by atoms with van der Waals surface area (Å²) in [5, 5.41) is 15.8. The Morgan fingerprint density at radius 1 is 1.67 bits per heavy atom. The third-order valence-electron chi connectivity index (χ3n) is 0.341. The molecule has 0 unspecified atom stereocenters. The summed E-state index contributed by atoms with van der Waals surface area (Å²) in [6.07, 6.45) is 0. The van der Waals surface area contributed by atoms with Crippen molar-refractivity contribution in [3.63, 3.8) is 0 Å². The third kappa shape index (κ3) is 1.75. The van der Waals surface area contributed by atoms with E-state index in [0.29, 0.717) is 0 Å². The van der Waals surface area contributed by atoms with Gasteiger partial charge in [-0.1, -0.05) is 6.58 Å². The standard InChI is InChI=1S/C3H7NO2/c1-3(2)4(5)6/h5-6H,1H2,2H3. The van der Waals surface area contributed by atoms with E-state index in [1.807, 2.05) is 0 Å². The molecule has 0 aliphatic rings. The number of nitrogens with zero attached hydrogens (tertiary/aromatic N) is 1. The lowest BCUT2D eigenvalue weighted by atomic mass is 10.6. The molecule has 0 rings (SSSR count). The topological polar surface area (TPSA) is 43.7 Å². The number of rotatable bonds is 1. The molecule has 0 radical (unpaired) electrons. The molecule has 0 spiro atoms. The molecule has 0 bridgehead atoms. The van der Waals surface area contributed by atoms with Crippen molar-refractivity contribution in [2.45, 2.75) is 6.92 Å². The predicted octanol–water partition coefficient (Wildman–Crippen LogP) is 0.600. The largest absolute Gasteiger partial charge is 0.264 e. The highest BCUT2D eigenvalue weighted by Crippen LogP contribution is 1.85. The molecule has 0 saturated heterocycles. The first kappa shape index (κ1) is 5.46. The summed E-state index contributed by atoms with van der Waals surface area (Å²) in [4.78, 5) is 0. The molecule has 0 aromatic heterocycles. The van der Waals surface area contributed by atoms with Crippen molar-refractivity contribution in [3.8, 4) is 0 Å². The van der Waals surface area contributed by atoms with E-state index < -0.39 is 0 Å². The van der Waals surface area contributed by atoms with Gasteiger partial charge >= 0.3 is 0 Å². The van der Waals surface area contributed by atoms with Gasteiger partial charge in [0.2, 0.25) is 0 Å². The molecular weight excluding hydrogens is 82.0 g/mol. The van der Waals surface area contributed by atoms with Crippen LogP contribution in [0.25, 0.3) is 0 Å². The first-order valence-corrected chi connectivity index (χ1v) is 1.48. The Balaban J connectivity index is 3.26. The molecule has 0 aromatic carbocycles. The van der Waals surface area contributed by atoms with Crippen molar-refractivity contribution >= 4 is 0 Å². The van der Waals surface area contributed by atoms with Crippen LogP contribution in [0.3, 0.4) is 0 Å². The van der Waals surface area contributed by atoms with Crippen LogP contribution in [-0.4, -0.2) is 15.6 Å². The smallest absolute Gasteiger partial charge is 0.0614 e. The van der Waals surface area contributed by atoms with Gasteiger partial charge in [0.15, 0.2) is 0 Å². The van der Waals surface area contributed by atoms with Crippen molar-refractivity contribution in [2.24, 2.45) is 0 Å². The quantitative estimate of drug-likeness (QED) is 0.462. The van der Waals surface area contributed by atoms with E-state index >= 15 is 0 Å². The van der Waals surface area contributed by atoms with E-state index in [0.717, 1.165) is 0 Å². The summed E-state index contributed by atoms with van der Waals surface area (Å²) in [5.41, 5.74) is 0.204. The fourth-order valence-electron chi connectivity index (χ4n) is 0. The number of hydrogen-bond acceptors (Lipinski definition) is 3. The van der Waals surface area contributed by atoms with E-state index in [4.69, 9.17) is 10.4 Å². The van der Waals surface area contributed by atoms with Gasteiger partial charge in [0.1, 0.15) is 0 Å². The van der Waals surface area contributed by atoms with E-state index in [1.54, 1.807) is 0 Å². The maximum Gasteiger partial charge on any atom is 0.0614 e. The molecule has 2 N–H and O–H groups in total. The van der Waals surface area contributed by atoms with Gasteiger partial charge in [0.25, 0.3) is 0 Å². The lowest BCUT2D eigenvalue weighted by molar-refractivity contribution is -0.278. The van der Waals surface area contributed by atoms with Crippen LogP contribution in [0.2, 0.25) is 0 Å². The normalized spacial score (nSPS) is 7.83. The van der Waals surface area contributed by atoms with Crippen molar-refractivity contribution in [1.82, 2.24) is 5.23 Å². The zero-order valence-corrected chi connectivity index (χ0v) is 3.55. The summed E-state index contributed by atoms with van der Waals surface area (Å²) in [7, 11) is 0. The van der Waals surface area contributed by atoms with Crippen LogP contribution in [-0.2, 0) is 0 Å². The summed E-state index contributed by atoms with van der Waals surface area (Å²) < 4.78 is 0. The Bertz CT molecular complexity index is 59.8. The Morgan fingerprint density at radius 2 is 1.83 bits per heavy atom. The highest BCUT2D eigenvalue weighted by Gasteiger charge is 1.84. The number of hydroxylamine groups is 2. The molecular formula is C3H7NO2. The second-order valence-electron chi connectivity index (χ2n) is 1.02. The summed E-state index contributed by atoms with van der Waals surface area (Å²) in [6.45, 7) is 4.65. The van der Waals surface area contributed by atoms with Crippen LogP contribution in [0.1, 0.15) is 6.92 Å². The number of allylic oxidation sites excluding steroid dienone is 1. The zero-order chi connectivity index (χ0) is 5.15. The van der Waals surface area contributed by atoms with Crippen LogP contribution in [0, 0.1) is 0 Å². The molecule has 3 nitrogen and oxygen atoms in total. The fourth-order valence-corrected chi connectivity index (χ4v) is 0. The van der Waals surface area contributed by atoms with Gasteiger partial charge in [-0.15, -0.1) is 5.23 Å². The molecule has 6 heavy (non-hydrogen) atoms. The van der Waals surface area contributed by atoms with Crippen molar-refractivity contribution < 1.29 is 10.4 Å². The summed E-state index contributed by atoms with van der Waals surface area (Å²) >= 11 is 0. The first-order chi connectivity index (χ1) is 2.64. The van der Waals surface area contributed by atoms with Gasteiger partial charge in [-0.25, -0.2) is 0 Å². The minimum absolute atomic E-state index is 0.0278. The molecule has 0 heterocycles. The SMILES string of the molecule is C=C(C)N(O)O. The van der Waals surface area contributed by atoms with Crippen LogP contribution < -0.4 is 0 Å². The van der Waals surface area contributed by atoms with E-state index in [9.17, 15) is 0 Å². The average molecular weight is 89.1 g/mol. The molecule has 0 fully saturated rings. The second-order valence-corrected chi connectivity index (χ2v) is 1.02. The lowest BCUT2D eigenvalue weighted by Crippen LogP contribution is -2.08. The van der Waals surface area contributed by atoms with Crippen molar-refractivity contribution in [1.29, 1.82) is 0 Å². The van der Waals surface area contributed by atoms with Crippen molar-refractivity contribution in [2.75, 3.05) is 0 Å². The highest BCUT2D eigenvalue weighted by molar-refractivity contribution is 4.77. The molecule has 0 saturated carbocycles. The highest BCUT2D eigenvalue weighted by atomic mass is 16.8. The van der Waals surface area contributed by atoms with Crippen molar-refractivity contribution in [3.05, 3.63) is 12.3 Å². The Labute approximate surface area is 36.0 Å². The first-order valence-electron chi connectivity index (χ1n) is 1.48. The van der Waals surface area contributed by atoms with Gasteiger partial charge in [0, 0.05) is 0 Å². The molecule has 0 amide bonds. The Morgan fingerprint density at radius 3 is 1.83 bits per heavy atom.